The Balaban J connectivity index is 1.84. The molecule has 8 heteroatoms. The van der Waals surface area contributed by atoms with E-state index >= 15 is 0 Å². The first-order valence-corrected chi connectivity index (χ1v) is 9.78. The van der Waals surface area contributed by atoms with Gasteiger partial charge in [-0.05, 0) is 62.7 Å². The standard InChI is InChI=1S/C19H20N4O3S/c1-12-17(5-4-6-18(12)27(20,25)26)19(24)22-15-7-9-16(10-8-15)23-11-21-13(2)14(23)3/h4-11H,1-3H3,(H,22,24)(H2,20,25,26). The summed E-state index contributed by atoms with van der Waals surface area (Å²) in [6.45, 7) is 5.49. The van der Waals surface area contributed by atoms with Gasteiger partial charge in [0.15, 0.2) is 0 Å². The first kappa shape index (κ1) is 18.8. The molecule has 0 bridgehead atoms. The number of aromatic nitrogens is 2. The smallest absolute Gasteiger partial charge is 0.255 e. The quantitative estimate of drug-likeness (QED) is 0.721. The van der Waals surface area contributed by atoms with Gasteiger partial charge in [-0.3, -0.25) is 4.79 Å². The van der Waals surface area contributed by atoms with Crippen LogP contribution in [-0.2, 0) is 10.0 Å². The zero-order valence-electron chi connectivity index (χ0n) is 15.2. The van der Waals surface area contributed by atoms with E-state index in [1.54, 1.807) is 31.5 Å². The topological polar surface area (TPSA) is 107 Å². The van der Waals surface area contributed by atoms with Gasteiger partial charge in [-0.25, -0.2) is 18.5 Å². The van der Waals surface area contributed by atoms with Gasteiger partial charge in [0, 0.05) is 22.6 Å². The van der Waals surface area contributed by atoms with Crippen LogP contribution in [0.15, 0.2) is 53.7 Å². The van der Waals surface area contributed by atoms with Crippen LogP contribution in [0.25, 0.3) is 5.69 Å². The van der Waals surface area contributed by atoms with Crippen molar-refractivity contribution in [3.8, 4) is 5.69 Å². The summed E-state index contributed by atoms with van der Waals surface area (Å²) in [6, 6.07) is 11.7. The monoisotopic (exact) mass is 384 g/mol. The molecule has 0 spiro atoms. The molecule has 1 heterocycles. The third-order valence-corrected chi connectivity index (χ3v) is 5.55. The fraction of sp³-hybridized carbons (Fsp3) is 0.158. The lowest BCUT2D eigenvalue weighted by Crippen LogP contribution is -2.18. The number of carbonyl (C=O) groups excluding carboxylic acids is 1. The molecule has 0 radical (unpaired) electrons. The van der Waals surface area contributed by atoms with Crippen molar-refractivity contribution in [3.05, 3.63) is 71.3 Å². The highest BCUT2D eigenvalue weighted by molar-refractivity contribution is 7.89. The van der Waals surface area contributed by atoms with Crippen LogP contribution in [0.1, 0.15) is 27.3 Å². The lowest BCUT2D eigenvalue weighted by Gasteiger charge is -2.11. The summed E-state index contributed by atoms with van der Waals surface area (Å²) in [6.07, 6.45) is 1.75. The molecule has 0 aliphatic rings. The fourth-order valence-corrected chi connectivity index (χ4v) is 3.64. The van der Waals surface area contributed by atoms with Crippen molar-refractivity contribution in [2.24, 2.45) is 5.14 Å². The van der Waals surface area contributed by atoms with Gasteiger partial charge in [-0.1, -0.05) is 6.07 Å². The van der Waals surface area contributed by atoms with Gasteiger partial charge in [0.2, 0.25) is 10.0 Å². The maximum Gasteiger partial charge on any atom is 0.255 e. The molecular formula is C19H20N4O3S. The molecule has 0 fully saturated rings. The maximum atomic E-state index is 12.6. The molecule has 0 unspecified atom stereocenters. The molecule has 7 nitrogen and oxygen atoms in total. The number of nitrogens with one attached hydrogen (secondary N) is 1. The Bertz CT molecular complexity index is 1120. The van der Waals surface area contributed by atoms with E-state index in [9.17, 15) is 13.2 Å². The molecular weight excluding hydrogens is 364 g/mol. The number of rotatable bonds is 4. The molecule has 140 valence electrons. The molecule has 0 saturated heterocycles. The zero-order chi connectivity index (χ0) is 19.8. The molecule has 3 N–H and O–H groups in total. The van der Waals surface area contributed by atoms with Crippen LogP contribution in [-0.4, -0.2) is 23.9 Å². The average molecular weight is 384 g/mol. The number of aryl methyl sites for hydroxylation is 1. The number of primary sulfonamides is 1. The number of carbonyl (C=O) groups is 1. The van der Waals surface area contributed by atoms with Crippen molar-refractivity contribution in [3.63, 3.8) is 0 Å². The number of hydrogen-bond donors (Lipinski definition) is 2. The first-order chi connectivity index (χ1) is 12.7. The van der Waals surface area contributed by atoms with E-state index in [0.717, 1.165) is 17.1 Å². The second-order valence-electron chi connectivity index (χ2n) is 6.26. The molecule has 27 heavy (non-hydrogen) atoms. The number of imidazole rings is 1. The lowest BCUT2D eigenvalue weighted by atomic mass is 10.1. The molecule has 2 aromatic carbocycles. The van der Waals surface area contributed by atoms with Gasteiger partial charge in [0.1, 0.15) is 0 Å². The molecule has 0 saturated carbocycles. The summed E-state index contributed by atoms with van der Waals surface area (Å²) >= 11 is 0. The average Bonchev–Trinajstić information content (AvgIpc) is 2.94. The van der Waals surface area contributed by atoms with Gasteiger partial charge in [0.05, 0.1) is 16.9 Å². The second kappa shape index (κ2) is 6.98. The third kappa shape index (κ3) is 3.76. The van der Waals surface area contributed by atoms with E-state index in [1.807, 2.05) is 30.5 Å². The van der Waals surface area contributed by atoms with Gasteiger partial charge < -0.3 is 9.88 Å². The Morgan fingerprint density at radius 3 is 2.30 bits per heavy atom. The normalized spacial score (nSPS) is 11.4. The van der Waals surface area contributed by atoms with Crippen LogP contribution >= 0.6 is 0 Å². The number of benzene rings is 2. The zero-order valence-corrected chi connectivity index (χ0v) is 16.0. The van der Waals surface area contributed by atoms with Crippen molar-refractivity contribution in [2.45, 2.75) is 25.7 Å². The molecule has 0 aliphatic carbocycles. The van der Waals surface area contributed by atoms with E-state index < -0.39 is 15.9 Å². The predicted octanol–water partition coefficient (Wildman–Crippen LogP) is 2.70. The van der Waals surface area contributed by atoms with E-state index in [0.29, 0.717) is 11.3 Å². The summed E-state index contributed by atoms with van der Waals surface area (Å²) < 4.78 is 25.2. The summed E-state index contributed by atoms with van der Waals surface area (Å²) in [5, 5.41) is 7.97. The second-order valence-corrected chi connectivity index (χ2v) is 7.79. The molecule has 1 amide bonds. The van der Waals surface area contributed by atoms with Crippen LogP contribution in [0.3, 0.4) is 0 Å². The largest absolute Gasteiger partial charge is 0.322 e. The number of nitrogens with zero attached hydrogens (tertiary/aromatic N) is 2. The fourth-order valence-electron chi connectivity index (χ4n) is 2.83. The molecule has 1 aromatic heterocycles. The minimum Gasteiger partial charge on any atom is -0.322 e. The van der Waals surface area contributed by atoms with Crippen molar-refractivity contribution in [1.29, 1.82) is 0 Å². The SMILES string of the molecule is Cc1ncn(-c2ccc(NC(=O)c3cccc(S(N)(=O)=O)c3C)cc2)c1C. The van der Waals surface area contributed by atoms with E-state index in [1.165, 1.54) is 12.1 Å². The van der Waals surface area contributed by atoms with Crippen molar-refractivity contribution in [1.82, 2.24) is 9.55 Å². The van der Waals surface area contributed by atoms with Gasteiger partial charge in [-0.15, -0.1) is 0 Å². The van der Waals surface area contributed by atoms with Crippen LogP contribution < -0.4 is 10.5 Å². The summed E-state index contributed by atoms with van der Waals surface area (Å²) in [4.78, 5) is 16.8. The highest BCUT2D eigenvalue weighted by Crippen LogP contribution is 2.20. The van der Waals surface area contributed by atoms with E-state index in [4.69, 9.17) is 5.14 Å². The number of anilines is 1. The molecule has 0 atom stereocenters. The third-order valence-electron chi connectivity index (χ3n) is 4.49. The number of amides is 1. The van der Waals surface area contributed by atoms with Crippen LogP contribution in [0.4, 0.5) is 5.69 Å². The number of sulfonamides is 1. The summed E-state index contributed by atoms with van der Waals surface area (Å²) in [5.41, 5.74) is 4.10. The summed E-state index contributed by atoms with van der Waals surface area (Å²) in [5.74, 6) is -0.402. The van der Waals surface area contributed by atoms with Gasteiger partial charge >= 0.3 is 0 Å². The molecule has 3 rings (SSSR count). The van der Waals surface area contributed by atoms with Gasteiger partial charge in [0.25, 0.3) is 5.91 Å². The molecule has 0 aliphatic heterocycles. The highest BCUT2D eigenvalue weighted by Gasteiger charge is 2.17. The Hall–Kier alpha value is -2.97. The van der Waals surface area contributed by atoms with Gasteiger partial charge in [-0.2, -0.15) is 0 Å². The first-order valence-electron chi connectivity index (χ1n) is 8.23. The Morgan fingerprint density at radius 2 is 1.74 bits per heavy atom. The van der Waals surface area contributed by atoms with Crippen LogP contribution in [0, 0.1) is 20.8 Å². The Labute approximate surface area is 157 Å². The predicted molar refractivity (Wildman–Crippen MR) is 104 cm³/mol. The number of hydrogen-bond acceptors (Lipinski definition) is 4. The summed E-state index contributed by atoms with van der Waals surface area (Å²) in [7, 11) is -3.89. The minimum atomic E-state index is -3.89. The number of nitrogens with two attached hydrogens (primary N) is 1. The highest BCUT2D eigenvalue weighted by atomic mass is 32.2. The van der Waals surface area contributed by atoms with Crippen LogP contribution in [0.2, 0.25) is 0 Å². The van der Waals surface area contributed by atoms with Crippen molar-refractivity contribution >= 4 is 21.6 Å². The van der Waals surface area contributed by atoms with Crippen molar-refractivity contribution < 1.29 is 13.2 Å². The van der Waals surface area contributed by atoms with Crippen LogP contribution in [0.5, 0.6) is 0 Å². The Kier molecular flexibility index (Phi) is 4.86. The lowest BCUT2D eigenvalue weighted by molar-refractivity contribution is 0.102. The maximum absolute atomic E-state index is 12.6. The molecule has 3 aromatic rings. The van der Waals surface area contributed by atoms with E-state index in [2.05, 4.69) is 10.3 Å². The van der Waals surface area contributed by atoms with E-state index in [-0.39, 0.29) is 10.5 Å². The van der Waals surface area contributed by atoms with Crippen molar-refractivity contribution in [2.75, 3.05) is 5.32 Å². The minimum absolute atomic E-state index is 0.0588. The Morgan fingerprint density at radius 1 is 1.07 bits per heavy atom.